The monoisotopic (exact) mass is 140 g/mol. The molecule has 0 aromatic rings. The fourth-order valence-electron chi connectivity index (χ4n) is 0.840. The van der Waals surface area contributed by atoms with Gasteiger partial charge in [-0.05, 0) is 13.1 Å². The summed E-state index contributed by atoms with van der Waals surface area (Å²) in [4.78, 5) is 25.1. The van der Waals surface area contributed by atoms with Crippen LogP contribution in [0.3, 0.4) is 0 Å². The Morgan fingerprint density at radius 2 is 2.40 bits per heavy atom. The molecule has 1 fully saturated rings. The van der Waals surface area contributed by atoms with Gasteiger partial charge >= 0.3 is 0 Å². The van der Waals surface area contributed by atoms with E-state index in [0.29, 0.717) is 0 Å². The van der Waals surface area contributed by atoms with Crippen LogP contribution in [-0.2, 0) is 9.59 Å². The fourth-order valence-corrected chi connectivity index (χ4v) is 0.840. The van der Waals surface area contributed by atoms with E-state index < -0.39 is 6.04 Å². The topological polar surface area (TPSA) is 58.5 Å². The summed E-state index contributed by atoms with van der Waals surface area (Å²) in [5.41, 5.74) is 0. The highest BCUT2D eigenvalue weighted by atomic mass is 16.2. The number of hydrogen-bond donors (Lipinski definition) is 1. The average molecular weight is 140 g/mol. The van der Waals surface area contributed by atoms with Crippen LogP contribution in [0.1, 0.15) is 13.3 Å². The standard InChI is InChI=1S/C6H8N2O2/c1-2-7-4-3-5(9)8-6(4)10/h2,4H,3H2,1H3,(H,8,9,10). The van der Waals surface area contributed by atoms with Crippen LogP contribution in [0.2, 0.25) is 0 Å². The van der Waals surface area contributed by atoms with Crippen molar-refractivity contribution in [3.63, 3.8) is 0 Å². The third kappa shape index (κ3) is 1.21. The molecule has 10 heavy (non-hydrogen) atoms. The maximum atomic E-state index is 10.7. The predicted octanol–water partition coefficient (Wildman–Crippen LogP) is -0.508. The van der Waals surface area contributed by atoms with E-state index in [1.165, 1.54) is 6.21 Å². The van der Waals surface area contributed by atoms with Crippen LogP contribution in [0.25, 0.3) is 0 Å². The van der Waals surface area contributed by atoms with Crippen molar-refractivity contribution < 1.29 is 9.59 Å². The minimum Gasteiger partial charge on any atom is -0.294 e. The van der Waals surface area contributed by atoms with E-state index >= 15 is 0 Å². The summed E-state index contributed by atoms with van der Waals surface area (Å²) in [6.45, 7) is 1.72. The van der Waals surface area contributed by atoms with Gasteiger partial charge in [-0.3, -0.25) is 19.9 Å². The summed E-state index contributed by atoms with van der Waals surface area (Å²) >= 11 is 0. The van der Waals surface area contributed by atoms with Crippen molar-refractivity contribution >= 4 is 18.0 Å². The molecule has 4 heteroatoms. The van der Waals surface area contributed by atoms with Gasteiger partial charge in [0.2, 0.25) is 5.91 Å². The molecule has 1 aliphatic heterocycles. The van der Waals surface area contributed by atoms with Gasteiger partial charge in [-0.15, -0.1) is 0 Å². The smallest absolute Gasteiger partial charge is 0.251 e. The summed E-state index contributed by atoms with van der Waals surface area (Å²) in [7, 11) is 0. The highest BCUT2D eigenvalue weighted by Crippen LogP contribution is 2.04. The van der Waals surface area contributed by atoms with Crippen molar-refractivity contribution in [2.45, 2.75) is 19.4 Å². The Kier molecular flexibility index (Phi) is 1.80. The lowest BCUT2D eigenvalue weighted by Gasteiger charge is -1.93. The molecular weight excluding hydrogens is 132 g/mol. The SMILES string of the molecule is CC=NC1CC(=O)NC1=O. The van der Waals surface area contributed by atoms with Crippen molar-refractivity contribution in [2.75, 3.05) is 0 Å². The van der Waals surface area contributed by atoms with Gasteiger partial charge in [0, 0.05) is 0 Å². The van der Waals surface area contributed by atoms with Crippen molar-refractivity contribution in [1.82, 2.24) is 5.32 Å². The van der Waals surface area contributed by atoms with Crippen LogP contribution < -0.4 is 5.32 Å². The minimum absolute atomic E-state index is 0.198. The average Bonchev–Trinajstić information content (AvgIpc) is 2.13. The van der Waals surface area contributed by atoms with Crippen molar-refractivity contribution in [3.8, 4) is 0 Å². The number of hydrogen-bond acceptors (Lipinski definition) is 3. The molecule has 0 aromatic heterocycles. The van der Waals surface area contributed by atoms with E-state index in [9.17, 15) is 9.59 Å². The Hall–Kier alpha value is -1.19. The van der Waals surface area contributed by atoms with E-state index in [1.807, 2.05) is 0 Å². The summed E-state index contributed by atoms with van der Waals surface area (Å²) in [5, 5.41) is 2.16. The van der Waals surface area contributed by atoms with Gasteiger partial charge in [0.05, 0.1) is 6.42 Å². The lowest BCUT2D eigenvalue weighted by molar-refractivity contribution is -0.125. The summed E-state index contributed by atoms with van der Waals surface area (Å²) in [6.07, 6.45) is 1.73. The van der Waals surface area contributed by atoms with Crippen molar-refractivity contribution in [2.24, 2.45) is 4.99 Å². The molecule has 1 saturated heterocycles. The Labute approximate surface area is 58.3 Å². The molecule has 0 bridgehead atoms. The molecule has 1 aliphatic rings. The first-order valence-corrected chi connectivity index (χ1v) is 3.05. The van der Waals surface area contributed by atoms with Gasteiger partial charge in [0.25, 0.3) is 5.91 Å². The quantitative estimate of drug-likeness (QED) is 0.394. The molecule has 2 amide bonds. The maximum absolute atomic E-state index is 10.7. The zero-order valence-corrected chi connectivity index (χ0v) is 5.63. The second-order valence-corrected chi connectivity index (χ2v) is 2.04. The molecular formula is C6H8N2O2. The van der Waals surface area contributed by atoms with Crippen LogP contribution in [-0.4, -0.2) is 24.1 Å². The molecule has 0 saturated carbocycles. The lowest BCUT2D eigenvalue weighted by atomic mass is 10.3. The van der Waals surface area contributed by atoms with Gasteiger partial charge in [0.1, 0.15) is 6.04 Å². The van der Waals surface area contributed by atoms with E-state index in [2.05, 4.69) is 10.3 Å². The molecule has 0 aromatic carbocycles. The van der Waals surface area contributed by atoms with Gasteiger partial charge in [0.15, 0.2) is 0 Å². The van der Waals surface area contributed by atoms with E-state index in [-0.39, 0.29) is 18.2 Å². The van der Waals surface area contributed by atoms with E-state index in [0.717, 1.165) is 0 Å². The minimum atomic E-state index is -0.475. The highest BCUT2D eigenvalue weighted by molar-refractivity contribution is 6.05. The number of nitrogens with zero attached hydrogens (tertiary/aromatic N) is 1. The van der Waals surface area contributed by atoms with Crippen LogP contribution in [0.5, 0.6) is 0 Å². The second kappa shape index (κ2) is 2.60. The molecule has 0 aliphatic carbocycles. The Morgan fingerprint density at radius 1 is 1.70 bits per heavy atom. The normalized spacial score (nSPS) is 25.9. The van der Waals surface area contributed by atoms with E-state index in [1.54, 1.807) is 6.92 Å². The Balaban J connectivity index is 2.63. The second-order valence-electron chi connectivity index (χ2n) is 2.04. The number of rotatable bonds is 1. The number of carbonyl (C=O) groups is 2. The van der Waals surface area contributed by atoms with Crippen molar-refractivity contribution in [3.05, 3.63) is 0 Å². The molecule has 4 nitrogen and oxygen atoms in total. The maximum Gasteiger partial charge on any atom is 0.251 e. The lowest BCUT2D eigenvalue weighted by Crippen LogP contribution is -2.23. The summed E-state index contributed by atoms with van der Waals surface area (Å²) in [6, 6.07) is -0.475. The Bertz CT molecular complexity index is 198. The number of imide groups is 1. The molecule has 0 spiro atoms. The van der Waals surface area contributed by atoms with Crippen LogP contribution >= 0.6 is 0 Å². The van der Waals surface area contributed by atoms with Crippen LogP contribution in [0.15, 0.2) is 4.99 Å². The summed E-state index contributed by atoms with van der Waals surface area (Å²) in [5.74, 6) is -0.524. The van der Waals surface area contributed by atoms with Crippen LogP contribution in [0.4, 0.5) is 0 Å². The zero-order chi connectivity index (χ0) is 7.56. The number of amides is 2. The molecule has 1 atom stereocenters. The largest absolute Gasteiger partial charge is 0.294 e. The first-order chi connectivity index (χ1) is 4.74. The van der Waals surface area contributed by atoms with Crippen molar-refractivity contribution in [1.29, 1.82) is 0 Å². The highest BCUT2D eigenvalue weighted by Gasteiger charge is 2.28. The molecule has 54 valence electrons. The first kappa shape index (κ1) is 6.92. The first-order valence-electron chi connectivity index (χ1n) is 3.05. The zero-order valence-electron chi connectivity index (χ0n) is 5.63. The Morgan fingerprint density at radius 3 is 2.80 bits per heavy atom. The van der Waals surface area contributed by atoms with Gasteiger partial charge in [-0.1, -0.05) is 0 Å². The molecule has 1 rings (SSSR count). The van der Waals surface area contributed by atoms with E-state index in [4.69, 9.17) is 0 Å². The fraction of sp³-hybridized carbons (Fsp3) is 0.500. The third-order valence-corrected chi connectivity index (χ3v) is 1.27. The van der Waals surface area contributed by atoms with Gasteiger partial charge in [-0.2, -0.15) is 0 Å². The molecule has 1 unspecified atom stereocenters. The summed E-state index contributed by atoms with van der Waals surface area (Å²) < 4.78 is 0. The van der Waals surface area contributed by atoms with Gasteiger partial charge in [-0.25, -0.2) is 0 Å². The third-order valence-electron chi connectivity index (χ3n) is 1.27. The molecule has 1 heterocycles. The molecule has 1 N–H and O–H groups in total. The number of nitrogens with one attached hydrogen (secondary N) is 1. The van der Waals surface area contributed by atoms with Crippen LogP contribution in [0, 0.1) is 0 Å². The predicted molar refractivity (Wildman–Crippen MR) is 35.7 cm³/mol. The molecule has 0 radical (unpaired) electrons. The van der Waals surface area contributed by atoms with Gasteiger partial charge < -0.3 is 0 Å². The number of aliphatic imine (C=N–C) groups is 1. The number of carbonyl (C=O) groups excluding carboxylic acids is 2.